The molecule has 0 bridgehead atoms. The maximum atomic E-state index is 5.91. The Labute approximate surface area is 162 Å². The molecule has 0 radical (unpaired) electrons. The highest BCUT2D eigenvalue weighted by Gasteiger charge is 2.59. The highest BCUT2D eigenvalue weighted by Crippen LogP contribution is 2.52. The number of nitrogens with zero attached hydrogens (tertiary/aromatic N) is 2. The second-order valence-corrected chi connectivity index (χ2v) is 8.37. The first-order chi connectivity index (χ1) is 13.1. The Bertz CT molecular complexity index is 810. The van der Waals surface area contributed by atoms with E-state index in [-0.39, 0.29) is 5.41 Å². The van der Waals surface area contributed by atoms with E-state index >= 15 is 0 Å². The van der Waals surface area contributed by atoms with Crippen LogP contribution in [0, 0.1) is 11.3 Å². The van der Waals surface area contributed by atoms with Crippen LogP contribution < -0.4 is 10.6 Å². The van der Waals surface area contributed by atoms with Crippen molar-refractivity contribution in [2.75, 3.05) is 19.7 Å². The summed E-state index contributed by atoms with van der Waals surface area (Å²) in [6, 6.07) is 11.2. The third-order valence-corrected chi connectivity index (χ3v) is 6.24. The second kappa shape index (κ2) is 7.55. The van der Waals surface area contributed by atoms with E-state index in [1.807, 2.05) is 0 Å². The molecule has 1 saturated carbocycles. The minimum Gasteiger partial charge on any atom is -0.377 e. The summed E-state index contributed by atoms with van der Waals surface area (Å²) in [5, 5.41) is 8.41. The minimum atomic E-state index is 0.168. The van der Waals surface area contributed by atoms with E-state index in [0.717, 1.165) is 45.0 Å². The number of aromatic nitrogens is 1. The summed E-state index contributed by atoms with van der Waals surface area (Å²) in [4.78, 5) is 4.83. The normalized spacial score (nSPS) is 26.6. The van der Waals surface area contributed by atoms with E-state index in [2.05, 4.69) is 72.5 Å². The number of benzene rings is 1. The number of hydrogen-bond acceptors (Lipinski definition) is 2. The summed E-state index contributed by atoms with van der Waals surface area (Å²) < 4.78 is 8.23. The molecule has 2 N–H and O–H groups in total. The summed E-state index contributed by atoms with van der Waals surface area (Å²) in [7, 11) is 0. The molecule has 1 aliphatic heterocycles. The van der Waals surface area contributed by atoms with Gasteiger partial charge in [-0.15, -0.1) is 0 Å². The van der Waals surface area contributed by atoms with Crippen molar-refractivity contribution < 1.29 is 4.74 Å². The maximum absolute atomic E-state index is 5.91. The van der Waals surface area contributed by atoms with Gasteiger partial charge in [0.05, 0.1) is 6.10 Å². The molecule has 1 saturated heterocycles. The summed E-state index contributed by atoms with van der Waals surface area (Å²) in [6.07, 6.45) is 4.76. The van der Waals surface area contributed by atoms with Crippen LogP contribution in [0.1, 0.15) is 33.6 Å². The van der Waals surface area contributed by atoms with Crippen molar-refractivity contribution in [2.45, 2.75) is 52.3 Å². The van der Waals surface area contributed by atoms with E-state index in [1.165, 1.54) is 10.9 Å². The zero-order valence-corrected chi connectivity index (χ0v) is 16.7. The largest absolute Gasteiger partial charge is 0.377 e. The van der Waals surface area contributed by atoms with Crippen LogP contribution in [0.15, 0.2) is 41.5 Å². The third kappa shape index (κ3) is 3.45. The molecule has 27 heavy (non-hydrogen) atoms. The number of nitrogens with one attached hydrogen (secondary N) is 2. The van der Waals surface area contributed by atoms with Gasteiger partial charge in [0.2, 0.25) is 0 Å². The molecule has 1 aromatic carbocycles. The fourth-order valence-corrected chi connectivity index (χ4v) is 4.85. The Balaban J connectivity index is 1.34. The lowest BCUT2D eigenvalue weighted by atomic mass is 9.57. The number of para-hydroxylation sites is 1. The van der Waals surface area contributed by atoms with Crippen LogP contribution in [0.4, 0.5) is 0 Å². The molecule has 1 aromatic heterocycles. The molecule has 5 nitrogen and oxygen atoms in total. The summed E-state index contributed by atoms with van der Waals surface area (Å²) in [5.41, 5.74) is 1.47. The van der Waals surface area contributed by atoms with Crippen molar-refractivity contribution >= 4 is 16.9 Å². The summed E-state index contributed by atoms with van der Waals surface area (Å²) >= 11 is 0. The molecule has 0 spiro atoms. The lowest BCUT2D eigenvalue weighted by Gasteiger charge is -2.54. The van der Waals surface area contributed by atoms with Crippen LogP contribution in [0.2, 0.25) is 0 Å². The molecule has 4 rings (SSSR count). The SMILES string of the molecule is CCNC(=NCCCn1ccc2ccccc21)NC1C2CCOC2C1(C)C. The molecule has 2 heterocycles. The fraction of sp³-hybridized carbons (Fsp3) is 0.591. The molecule has 1 aliphatic carbocycles. The number of ether oxygens (including phenoxy) is 1. The fourth-order valence-electron chi connectivity index (χ4n) is 4.85. The molecular formula is C22H32N4O. The van der Waals surface area contributed by atoms with Gasteiger partial charge in [0.15, 0.2) is 5.96 Å². The van der Waals surface area contributed by atoms with Crippen molar-refractivity contribution in [3.63, 3.8) is 0 Å². The number of fused-ring (bicyclic) bond motifs is 2. The summed E-state index contributed by atoms with van der Waals surface area (Å²) in [6.45, 7) is 10.3. The zero-order valence-electron chi connectivity index (χ0n) is 16.7. The van der Waals surface area contributed by atoms with E-state index in [9.17, 15) is 0 Å². The van der Waals surface area contributed by atoms with Gasteiger partial charge in [0, 0.05) is 55.3 Å². The van der Waals surface area contributed by atoms with Gasteiger partial charge >= 0.3 is 0 Å². The number of hydrogen-bond donors (Lipinski definition) is 2. The smallest absolute Gasteiger partial charge is 0.191 e. The van der Waals surface area contributed by atoms with E-state index < -0.39 is 0 Å². The molecule has 3 unspecified atom stereocenters. The number of aliphatic imine (C=N–C) groups is 1. The van der Waals surface area contributed by atoms with E-state index in [4.69, 9.17) is 9.73 Å². The maximum Gasteiger partial charge on any atom is 0.191 e. The average Bonchev–Trinajstić information content (AvgIpc) is 3.29. The lowest BCUT2D eigenvalue weighted by Crippen LogP contribution is -2.67. The van der Waals surface area contributed by atoms with E-state index in [0.29, 0.717) is 18.1 Å². The highest BCUT2D eigenvalue weighted by molar-refractivity contribution is 5.80. The number of guanidine groups is 1. The van der Waals surface area contributed by atoms with Gasteiger partial charge < -0.3 is 19.9 Å². The predicted molar refractivity (Wildman–Crippen MR) is 111 cm³/mol. The number of aryl methyl sites for hydroxylation is 1. The molecular weight excluding hydrogens is 336 g/mol. The minimum absolute atomic E-state index is 0.168. The molecule has 146 valence electrons. The first-order valence-electron chi connectivity index (χ1n) is 10.3. The van der Waals surface area contributed by atoms with Crippen LogP contribution in [-0.4, -0.2) is 42.4 Å². The van der Waals surface area contributed by atoms with E-state index in [1.54, 1.807) is 0 Å². The third-order valence-electron chi connectivity index (χ3n) is 6.24. The first kappa shape index (κ1) is 18.4. The Hall–Kier alpha value is -2.01. The zero-order chi connectivity index (χ0) is 18.9. The van der Waals surface area contributed by atoms with Crippen molar-refractivity contribution in [1.29, 1.82) is 0 Å². The molecule has 2 aliphatic rings. The molecule has 2 fully saturated rings. The molecule has 0 amide bonds. The van der Waals surface area contributed by atoms with Crippen molar-refractivity contribution in [2.24, 2.45) is 16.3 Å². The van der Waals surface area contributed by atoms with Gasteiger partial charge in [0.25, 0.3) is 0 Å². The molecule has 2 aromatic rings. The second-order valence-electron chi connectivity index (χ2n) is 8.37. The summed E-state index contributed by atoms with van der Waals surface area (Å²) in [5.74, 6) is 1.56. The standard InChI is InChI=1S/C22H32N4O/c1-4-23-21(25-19-17-11-15-27-20(17)22(19,2)3)24-12-7-13-26-14-10-16-8-5-6-9-18(16)26/h5-6,8-10,14,17,19-20H,4,7,11-13,15H2,1-3H3,(H2,23,24,25). The van der Waals surface area contributed by atoms with Gasteiger partial charge in [-0.25, -0.2) is 0 Å². The van der Waals surface area contributed by atoms with Crippen molar-refractivity contribution in [1.82, 2.24) is 15.2 Å². The Morgan fingerprint density at radius 1 is 1.30 bits per heavy atom. The monoisotopic (exact) mass is 368 g/mol. The first-order valence-corrected chi connectivity index (χ1v) is 10.3. The lowest BCUT2D eigenvalue weighted by molar-refractivity contribution is -0.106. The van der Waals surface area contributed by atoms with Crippen LogP contribution in [0.25, 0.3) is 10.9 Å². The Morgan fingerprint density at radius 3 is 3.00 bits per heavy atom. The van der Waals surface area contributed by atoms with Crippen LogP contribution in [-0.2, 0) is 11.3 Å². The Morgan fingerprint density at radius 2 is 2.15 bits per heavy atom. The van der Waals surface area contributed by atoms with Crippen LogP contribution in [0.5, 0.6) is 0 Å². The molecule has 5 heteroatoms. The van der Waals surface area contributed by atoms with Gasteiger partial charge in [-0.05, 0) is 37.3 Å². The van der Waals surface area contributed by atoms with Crippen LogP contribution in [0.3, 0.4) is 0 Å². The van der Waals surface area contributed by atoms with Gasteiger partial charge in [-0.2, -0.15) is 0 Å². The van der Waals surface area contributed by atoms with Gasteiger partial charge in [-0.3, -0.25) is 4.99 Å². The van der Waals surface area contributed by atoms with Crippen molar-refractivity contribution in [3.8, 4) is 0 Å². The predicted octanol–water partition coefficient (Wildman–Crippen LogP) is 3.40. The van der Waals surface area contributed by atoms with Crippen molar-refractivity contribution in [3.05, 3.63) is 36.5 Å². The average molecular weight is 369 g/mol. The topological polar surface area (TPSA) is 50.6 Å². The molecule has 3 atom stereocenters. The Kier molecular flexibility index (Phi) is 5.13. The highest BCUT2D eigenvalue weighted by atomic mass is 16.5. The quantitative estimate of drug-likeness (QED) is 0.467. The van der Waals surface area contributed by atoms with Gasteiger partial charge in [-0.1, -0.05) is 32.0 Å². The van der Waals surface area contributed by atoms with Crippen LogP contribution >= 0.6 is 0 Å². The number of rotatable bonds is 6. The van der Waals surface area contributed by atoms with Gasteiger partial charge in [0.1, 0.15) is 0 Å².